The SMILES string of the molecule is Clc1c(Oc2ccccc2)cnn1CC1CCCCS1. The molecule has 1 saturated heterocycles. The summed E-state index contributed by atoms with van der Waals surface area (Å²) in [7, 11) is 0. The minimum atomic E-state index is 0.583. The zero-order valence-electron chi connectivity index (χ0n) is 11.2. The third-order valence-corrected chi connectivity index (χ3v) is 5.13. The molecule has 106 valence electrons. The van der Waals surface area contributed by atoms with E-state index in [4.69, 9.17) is 16.3 Å². The predicted molar refractivity (Wildman–Crippen MR) is 83.9 cm³/mol. The van der Waals surface area contributed by atoms with Gasteiger partial charge in [0.25, 0.3) is 0 Å². The van der Waals surface area contributed by atoms with Crippen LogP contribution in [-0.4, -0.2) is 20.8 Å². The highest BCUT2D eigenvalue weighted by Gasteiger charge is 2.18. The number of hydrogen-bond acceptors (Lipinski definition) is 3. The van der Waals surface area contributed by atoms with Gasteiger partial charge in [-0.2, -0.15) is 16.9 Å². The van der Waals surface area contributed by atoms with E-state index in [9.17, 15) is 0 Å². The Balaban J connectivity index is 1.68. The van der Waals surface area contributed by atoms with E-state index in [2.05, 4.69) is 5.10 Å². The molecule has 1 aliphatic rings. The lowest BCUT2D eigenvalue weighted by atomic mass is 10.2. The minimum Gasteiger partial charge on any atom is -0.452 e. The average molecular weight is 309 g/mol. The van der Waals surface area contributed by atoms with Crippen LogP contribution in [0.5, 0.6) is 11.5 Å². The van der Waals surface area contributed by atoms with Gasteiger partial charge in [0, 0.05) is 5.25 Å². The lowest BCUT2D eigenvalue weighted by Crippen LogP contribution is -2.17. The topological polar surface area (TPSA) is 27.1 Å². The van der Waals surface area contributed by atoms with Crippen molar-refractivity contribution in [3.8, 4) is 11.5 Å². The second-order valence-electron chi connectivity index (χ2n) is 4.89. The van der Waals surface area contributed by atoms with E-state index in [1.165, 1.54) is 25.0 Å². The van der Waals surface area contributed by atoms with Crippen molar-refractivity contribution in [3.05, 3.63) is 41.7 Å². The summed E-state index contributed by atoms with van der Waals surface area (Å²) < 4.78 is 7.61. The zero-order valence-corrected chi connectivity index (χ0v) is 12.7. The van der Waals surface area contributed by atoms with E-state index < -0.39 is 0 Å². The molecule has 1 fully saturated rings. The summed E-state index contributed by atoms with van der Waals surface area (Å²) in [6, 6.07) is 9.64. The molecular formula is C15H17ClN2OS. The second-order valence-corrected chi connectivity index (χ2v) is 6.65. The van der Waals surface area contributed by atoms with Crippen LogP contribution in [0.2, 0.25) is 5.15 Å². The second kappa shape index (κ2) is 6.55. The Hall–Kier alpha value is -1.13. The van der Waals surface area contributed by atoms with E-state index >= 15 is 0 Å². The van der Waals surface area contributed by atoms with Crippen LogP contribution in [-0.2, 0) is 6.54 Å². The summed E-state index contributed by atoms with van der Waals surface area (Å²) in [6.45, 7) is 0.863. The van der Waals surface area contributed by atoms with Gasteiger partial charge >= 0.3 is 0 Å². The lowest BCUT2D eigenvalue weighted by molar-refractivity contribution is 0.480. The van der Waals surface area contributed by atoms with Crippen molar-refractivity contribution in [2.24, 2.45) is 0 Å². The molecule has 0 amide bonds. The molecule has 2 heterocycles. The van der Waals surface area contributed by atoms with Gasteiger partial charge in [-0.3, -0.25) is 0 Å². The van der Waals surface area contributed by atoms with Crippen LogP contribution in [0.4, 0.5) is 0 Å². The van der Waals surface area contributed by atoms with Crippen molar-refractivity contribution in [2.75, 3.05) is 5.75 Å². The van der Waals surface area contributed by atoms with Gasteiger partial charge in [0.15, 0.2) is 10.9 Å². The van der Waals surface area contributed by atoms with E-state index in [1.807, 2.05) is 46.8 Å². The number of para-hydroxylation sites is 1. The largest absolute Gasteiger partial charge is 0.452 e. The van der Waals surface area contributed by atoms with Crippen molar-refractivity contribution >= 4 is 23.4 Å². The summed E-state index contributed by atoms with van der Waals surface area (Å²) >= 11 is 8.38. The van der Waals surface area contributed by atoms with Crippen LogP contribution >= 0.6 is 23.4 Å². The number of nitrogens with zero attached hydrogens (tertiary/aromatic N) is 2. The standard InChI is InChI=1S/C15H17ClN2OS/c16-15-14(19-12-6-2-1-3-7-12)10-17-18(15)11-13-8-4-5-9-20-13/h1-3,6-7,10,13H,4-5,8-9,11H2. The molecule has 1 aromatic heterocycles. The molecule has 0 bridgehead atoms. The normalized spacial score (nSPS) is 18.9. The maximum Gasteiger partial charge on any atom is 0.184 e. The molecule has 3 rings (SSSR count). The molecule has 5 heteroatoms. The Morgan fingerprint density at radius 3 is 2.90 bits per heavy atom. The van der Waals surface area contributed by atoms with Crippen molar-refractivity contribution in [1.82, 2.24) is 9.78 Å². The van der Waals surface area contributed by atoms with Crippen LogP contribution in [0.25, 0.3) is 0 Å². The molecule has 20 heavy (non-hydrogen) atoms. The van der Waals surface area contributed by atoms with E-state index in [1.54, 1.807) is 6.20 Å². The first-order chi connectivity index (χ1) is 9.83. The highest BCUT2D eigenvalue weighted by Crippen LogP contribution is 2.31. The first-order valence-corrected chi connectivity index (χ1v) is 8.31. The van der Waals surface area contributed by atoms with Gasteiger partial charge in [-0.25, -0.2) is 4.68 Å². The molecule has 0 N–H and O–H groups in total. The van der Waals surface area contributed by atoms with Gasteiger partial charge in [0.1, 0.15) is 5.75 Å². The molecule has 1 unspecified atom stereocenters. The first-order valence-electron chi connectivity index (χ1n) is 6.89. The third-order valence-electron chi connectivity index (χ3n) is 3.37. The Bertz CT molecular complexity index is 552. The lowest BCUT2D eigenvalue weighted by Gasteiger charge is -2.21. The minimum absolute atomic E-state index is 0.583. The first kappa shape index (κ1) is 13.8. The molecule has 1 aromatic carbocycles. The van der Waals surface area contributed by atoms with Crippen LogP contribution in [0.3, 0.4) is 0 Å². The summed E-state index contributed by atoms with van der Waals surface area (Å²) in [5, 5.41) is 5.55. The number of ether oxygens (including phenoxy) is 1. The van der Waals surface area contributed by atoms with Crippen molar-refractivity contribution in [3.63, 3.8) is 0 Å². The average Bonchev–Trinajstić information content (AvgIpc) is 2.83. The summed E-state index contributed by atoms with van der Waals surface area (Å²) in [6.07, 6.45) is 5.58. The molecule has 3 nitrogen and oxygen atoms in total. The zero-order chi connectivity index (χ0) is 13.8. The smallest absolute Gasteiger partial charge is 0.184 e. The summed E-state index contributed by atoms with van der Waals surface area (Å²) in [4.78, 5) is 0. The number of benzene rings is 1. The van der Waals surface area contributed by atoms with Gasteiger partial charge in [-0.05, 0) is 30.7 Å². The molecule has 0 spiro atoms. The maximum atomic E-state index is 6.36. The number of hydrogen-bond donors (Lipinski definition) is 0. The molecule has 0 aliphatic carbocycles. The van der Waals surface area contributed by atoms with Crippen LogP contribution in [0.15, 0.2) is 36.5 Å². The number of halogens is 1. The number of thioether (sulfide) groups is 1. The predicted octanol–water partition coefficient (Wildman–Crippen LogP) is 4.61. The van der Waals surface area contributed by atoms with Crippen molar-refractivity contribution < 1.29 is 4.74 Å². The molecular weight excluding hydrogens is 292 g/mol. The molecule has 1 atom stereocenters. The summed E-state index contributed by atoms with van der Waals surface area (Å²) in [5.41, 5.74) is 0. The molecule has 0 radical (unpaired) electrons. The van der Waals surface area contributed by atoms with Gasteiger partial charge in [0.05, 0.1) is 12.7 Å². The van der Waals surface area contributed by atoms with Crippen LogP contribution in [0.1, 0.15) is 19.3 Å². The monoisotopic (exact) mass is 308 g/mol. The van der Waals surface area contributed by atoms with Gasteiger partial charge in [-0.15, -0.1) is 0 Å². The van der Waals surface area contributed by atoms with Crippen molar-refractivity contribution in [1.29, 1.82) is 0 Å². The third kappa shape index (κ3) is 3.30. The van der Waals surface area contributed by atoms with Crippen molar-refractivity contribution in [2.45, 2.75) is 31.1 Å². The van der Waals surface area contributed by atoms with Gasteiger partial charge < -0.3 is 4.74 Å². The Labute approximate surface area is 128 Å². The van der Waals surface area contributed by atoms with E-state index in [-0.39, 0.29) is 0 Å². The van der Waals surface area contributed by atoms with Gasteiger partial charge in [-0.1, -0.05) is 36.2 Å². The fourth-order valence-corrected chi connectivity index (χ4v) is 3.79. The number of aromatic nitrogens is 2. The van der Waals surface area contributed by atoms with Gasteiger partial charge in [0.2, 0.25) is 0 Å². The maximum absolute atomic E-state index is 6.36. The van der Waals surface area contributed by atoms with Crippen LogP contribution < -0.4 is 4.74 Å². The Morgan fingerprint density at radius 1 is 1.30 bits per heavy atom. The van der Waals surface area contributed by atoms with E-state index in [0.29, 0.717) is 16.2 Å². The fourth-order valence-electron chi connectivity index (χ4n) is 2.31. The quantitative estimate of drug-likeness (QED) is 0.825. The highest BCUT2D eigenvalue weighted by molar-refractivity contribution is 7.99. The molecule has 2 aromatic rings. The fraction of sp³-hybridized carbons (Fsp3) is 0.400. The van der Waals surface area contributed by atoms with E-state index in [0.717, 1.165) is 12.3 Å². The number of rotatable bonds is 4. The molecule has 0 saturated carbocycles. The molecule has 1 aliphatic heterocycles. The van der Waals surface area contributed by atoms with Crippen LogP contribution in [0, 0.1) is 0 Å². The Morgan fingerprint density at radius 2 is 2.15 bits per heavy atom. The Kier molecular flexibility index (Phi) is 4.53. The highest BCUT2D eigenvalue weighted by atomic mass is 35.5. The summed E-state index contributed by atoms with van der Waals surface area (Å²) in [5.74, 6) is 2.65.